The standard InChI is InChI=1S/C17H19ClN2O2S/c1-21-15-11-14(16(22-2)10-13(15)18)20-17(23)19-9-8-12-6-4-3-5-7-12/h3-7,10-11H,8-9H2,1-2H3,(H2,19,20,23). The molecule has 0 saturated heterocycles. The Morgan fingerprint density at radius 3 is 2.43 bits per heavy atom. The van der Waals surface area contributed by atoms with Crippen molar-refractivity contribution in [2.45, 2.75) is 6.42 Å². The van der Waals surface area contributed by atoms with Crippen LogP contribution in [0.25, 0.3) is 0 Å². The molecule has 0 bridgehead atoms. The van der Waals surface area contributed by atoms with Gasteiger partial charge in [-0.1, -0.05) is 41.9 Å². The minimum atomic E-state index is 0.484. The van der Waals surface area contributed by atoms with Crippen molar-refractivity contribution in [1.29, 1.82) is 0 Å². The molecule has 0 atom stereocenters. The van der Waals surface area contributed by atoms with Crippen molar-refractivity contribution in [1.82, 2.24) is 5.32 Å². The summed E-state index contributed by atoms with van der Waals surface area (Å²) in [5.74, 6) is 1.16. The fraction of sp³-hybridized carbons (Fsp3) is 0.235. The smallest absolute Gasteiger partial charge is 0.170 e. The van der Waals surface area contributed by atoms with Crippen LogP contribution in [-0.2, 0) is 6.42 Å². The zero-order valence-electron chi connectivity index (χ0n) is 13.1. The van der Waals surface area contributed by atoms with Gasteiger partial charge >= 0.3 is 0 Å². The third-order valence-corrected chi connectivity index (χ3v) is 3.81. The fourth-order valence-electron chi connectivity index (χ4n) is 2.09. The molecule has 2 aromatic carbocycles. The van der Waals surface area contributed by atoms with E-state index in [2.05, 4.69) is 22.8 Å². The number of nitrogens with one attached hydrogen (secondary N) is 2. The van der Waals surface area contributed by atoms with Crippen LogP contribution in [-0.4, -0.2) is 25.9 Å². The number of halogens is 1. The summed E-state index contributed by atoms with van der Waals surface area (Å²) in [6, 6.07) is 13.7. The molecular weight excluding hydrogens is 332 g/mol. The largest absolute Gasteiger partial charge is 0.495 e. The molecule has 0 spiro atoms. The maximum Gasteiger partial charge on any atom is 0.170 e. The van der Waals surface area contributed by atoms with E-state index in [4.69, 9.17) is 33.3 Å². The van der Waals surface area contributed by atoms with Crippen LogP contribution in [0.3, 0.4) is 0 Å². The molecule has 2 aromatic rings. The molecule has 0 amide bonds. The van der Waals surface area contributed by atoms with Crippen molar-refractivity contribution in [2.24, 2.45) is 0 Å². The summed E-state index contributed by atoms with van der Waals surface area (Å²) >= 11 is 11.4. The number of ether oxygens (including phenoxy) is 2. The molecule has 0 aliphatic rings. The number of benzene rings is 2. The van der Waals surface area contributed by atoms with E-state index in [1.165, 1.54) is 5.56 Å². The lowest BCUT2D eigenvalue weighted by atomic mass is 10.1. The van der Waals surface area contributed by atoms with Gasteiger partial charge in [0, 0.05) is 18.7 Å². The third-order valence-electron chi connectivity index (χ3n) is 3.26. The molecule has 0 aromatic heterocycles. The summed E-state index contributed by atoms with van der Waals surface area (Å²) in [6.45, 7) is 0.739. The molecule has 2 rings (SSSR count). The molecule has 6 heteroatoms. The van der Waals surface area contributed by atoms with Crippen LogP contribution < -0.4 is 20.1 Å². The van der Waals surface area contributed by atoms with Gasteiger partial charge in [0.15, 0.2) is 5.11 Å². The molecular formula is C17H19ClN2O2S. The number of rotatable bonds is 6. The lowest BCUT2D eigenvalue weighted by Crippen LogP contribution is -2.30. The lowest BCUT2D eigenvalue weighted by molar-refractivity contribution is 0.405. The van der Waals surface area contributed by atoms with Gasteiger partial charge in [0.25, 0.3) is 0 Å². The first-order chi connectivity index (χ1) is 11.1. The van der Waals surface area contributed by atoms with Crippen LogP contribution >= 0.6 is 23.8 Å². The summed E-state index contributed by atoms with van der Waals surface area (Å²) in [5.41, 5.74) is 1.96. The second kappa shape index (κ2) is 8.60. The lowest BCUT2D eigenvalue weighted by Gasteiger charge is -2.15. The fourth-order valence-corrected chi connectivity index (χ4v) is 2.53. The second-order valence-electron chi connectivity index (χ2n) is 4.80. The Morgan fingerprint density at radius 2 is 1.78 bits per heavy atom. The van der Waals surface area contributed by atoms with E-state index in [1.54, 1.807) is 26.4 Å². The van der Waals surface area contributed by atoms with Crippen LogP contribution in [0.1, 0.15) is 5.56 Å². The molecule has 122 valence electrons. The molecule has 0 fully saturated rings. The van der Waals surface area contributed by atoms with Crippen LogP contribution in [0.15, 0.2) is 42.5 Å². The van der Waals surface area contributed by atoms with Crippen molar-refractivity contribution < 1.29 is 9.47 Å². The molecule has 0 heterocycles. The van der Waals surface area contributed by atoms with E-state index in [1.807, 2.05) is 18.2 Å². The Labute approximate surface area is 146 Å². The Hall–Kier alpha value is -1.98. The minimum Gasteiger partial charge on any atom is -0.495 e. The number of hydrogen-bond acceptors (Lipinski definition) is 3. The van der Waals surface area contributed by atoms with Crippen LogP contribution in [0.2, 0.25) is 5.02 Å². The van der Waals surface area contributed by atoms with Crippen LogP contribution in [0, 0.1) is 0 Å². The van der Waals surface area contributed by atoms with Gasteiger partial charge in [-0.3, -0.25) is 0 Å². The van der Waals surface area contributed by atoms with E-state index < -0.39 is 0 Å². The maximum absolute atomic E-state index is 6.09. The first kappa shape index (κ1) is 17.4. The van der Waals surface area contributed by atoms with Gasteiger partial charge < -0.3 is 20.1 Å². The Kier molecular flexibility index (Phi) is 6.50. The second-order valence-corrected chi connectivity index (χ2v) is 5.62. The van der Waals surface area contributed by atoms with Crippen molar-refractivity contribution in [3.63, 3.8) is 0 Å². The van der Waals surface area contributed by atoms with E-state index in [0.717, 1.165) is 13.0 Å². The summed E-state index contributed by atoms with van der Waals surface area (Å²) in [6.07, 6.45) is 0.893. The SMILES string of the molecule is COc1cc(NC(=S)NCCc2ccccc2)c(OC)cc1Cl. The van der Waals surface area contributed by atoms with E-state index in [0.29, 0.717) is 27.3 Å². The average molecular weight is 351 g/mol. The molecule has 4 nitrogen and oxygen atoms in total. The highest BCUT2D eigenvalue weighted by atomic mass is 35.5. The van der Waals surface area contributed by atoms with Gasteiger partial charge in [0.2, 0.25) is 0 Å². The van der Waals surface area contributed by atoms with E-state index in [9.17, 15) is 0 Å². The summed E-state index contributed by atoms with van der Waals surface area (Å²) in [7, 11) is 3.14. The average Bonchev–Trinajstić information content (AvgIpc) is 2.57. The van der Waals surface area contributed by atoms with Crippen molar-refractivity contribution in [3.8, 4) is 11.5 Å². The molecule has 0 radical (unpaired) electrons. The highest BCUT2D eigenvalue weighted by molar-refractivity contribution is 7.80. The van der Waals surface area contributed by atoms with Gasteiger partial charge in [-0.15, -0.1) is 0 Å². The van der Waals surface area contributed by atoms with E-state index >= 15 is 0 Å². The summed E-state index contributed by atoms with van der Waals surface area (Å²) in [4.78, 5) is 0. The monoisotopic (exact) mass is 350 g/mol. The zero-order valence-corrected chi connectivity index (χ0v) is 14.6. The van der Waals surface area contributed by atoms with Crippen LogP contribution in [0.5, 0.6) is 11.5 Å². The van der Waals surface area contributed by atoms with E-state index in [-0.39, 0.29) is 0 Å². The number of anilines is 1. The minimum absolute atomic E-state index is 0.484. The first-order valence-electron chi connectivity index (χ1n) is 7.14. The highest BCUT2D eigenvalue weighted by Gasteiger charge is 2.11. The summed E-state index contributed by atoms with van der Waals surface area (Å²) < 4.78 is 10.5. The third kappa shape index (κ3) is 5.01. The first-order valence-corrected chi connectivity index (χ1v) is 7.93. The zero-order chi connectivity index (χ0) is 16.7. The maximum atomic E-state index is 6.09. The molecule has 2 N–H and O–H groups in total. The highest BCUT2D eigenvalue weighted by Crippen LogP contribution is 2.35. The van der Waals surface area contributed by atoms with Gasteiger partial charge in [-0.2, -0.15) is 0 Å². The van der Waals surface area contributed by atoms with Crippen LogP contribution in [0.4, 0.5) is 5.69 Å². The van der Waals surface area contributed by atoms with Gasteiger partial charge in [0.1, 0.15) is 11.5 Å². The predicted molar refractivity (Wildman–Crippen MR) is 98.9 cm³/mol. The molecule has 0 unspecified atom stereocenters. The summed E-state index contributed by atoms with van der Waals surface area (Å²) in [5, 5.41) is 7.28. The Bertz CT molecular complexity index is 665. The van der Waals surface area contributed by atoms with Crippen molar-refractivity contribution in [3.05, 3.63) is 53.1 Å². The molecule has 0 saturated carbocycles. The predicted octanol–water partition coefficient (Wildman–Crippen LogP) is 3.89. The molecule has 0 aliphatic carbocycles. The topological polar surface area (TPSA) is 42.5 Å². The van der Waals surface area contributed by atoms with Gasteiger partial charge in [-0.25, -0.2) is 0 Å². The Morgan fingerprint density at radius 1 is 1.09 bits per heavy atom. The normalized spacial score (nSPS) is 10.0. The van der Waals surface area contributed by atoms with Crippen molar-refractivity contribution >= 4 is 34.6 Å². The molecule has 23 heavy (non-hydrogen) atoms. The molecule has 0 aliphatic heterocycles. The number of methoxy groups -OCH3 is 2. The van der Waals surface area contributed by atoms with Gasteiger partial charge in [-0.05, 0) is 24.2 Å². The number of hydrogen-bond donors (Lipinski definition) is 2. The number of thiocarbonyl (C=S) groups is 1. The quantitative estimate of drug-likeness (QED) is 0.774. The Balaban J connectivity index is 1.94. The van der Waals surface area contributed by atoms with Gasteiger partial charge in [0.05, 0.1) is 24.9 Å². The van der Waals surface area contributed by atoms with Crippen molar-refractivity contribution in [2.75, 3.05) is 26.1 Å².